The lowest BCUT2D eigenvalue weighted by atomic mass is 10.1. The van der Waals surface area contributed by atoms with Gasteiger partial charge in [0.1, 0.15) is 5.82 Å². The number of aromatic nitrogens is 1. The van der Waals surface area contributed by atoms with Gasteiger partial charge in [0.05, 0.1) is 25.1 Å². The number of nitrogens with zero attached hydrogens (tertiary/aromatic N) is 1. The van der Waals surface area contributed by atoms with Gasteiger partial charge >= 0.3 is 0 Å². The molecule has 3 rings (SSSR count). The summed E-state index contributed by atoms with van der Waals surface area (Å²) in [6.45, 7) is 0. The van der Waals surface area contributed by atoms with Crippen LogP contribution >= 0.6 is 38.9 Å². The van der Waals surface area contributed by atoms with Gasteiger partial charge in [-0.1, -0.05) is 24.3 Å². The van der Waals surface area contributed by atoms with Crippen LogP contribution < -0.4 is 0 Å². The van der Waals surface area contributed by atoms with Crippen molar-refractivity contribution in [3.63, 3.8) is 0 Å². The first-order chi connectivity index (χ1) is 9.65. The Morgan fingerprint density at radius 1 is 1.20 bits per heavy atom. The summed E-state index contributed by atoms with van der Waals surface area (Å²) in [5.74, 6) is -0.298. The molecule has 0 radical (unpaired) electrons. The summed E-state index contributed by atoms with van der Waals surface area (Å²) >= 11 is 11.1. The molecule has 0 aliphatic rings. The Hall–Kier alpha value is -0.970. The first-order valence-electron chi connectivity index (χ1n) is 6.07. The number of thiazole rings is 1. The molecule has 0 N–H and O–H groups in total. The van der Waals surface area contributed by atoms with Gasteiger partial charge in [-0.05, 0) is 34.1 Å². The van der Waals surface area contributed by atoms with Gasteiger partial charge in [-0.2, -0.15) is 0 Å². The van der Waals surface area contributed by atoms with E-state index in [4.69, 9.17) is 11.6 Å². The quantitative estimate of drug-likeness (QED) is 0.537. The molecule has 2 aromatic carbocycles. The lowest BCUT2D eigenvalue weighted by molar-refractivity contribution is 0.599. The normalized spacial score (nSPS) is 12.8. The summed E-state index contributed by atoms with van der Waals surface area (Å²) in [5, 5.41) is 0.499. The zero-order valence-corrected chi connectivity index (χ0v) is 13.5. The van der Waals surface area contributed by atoms with Crippen molar-refractivity contribution in [2.45, 2.75) is 11.8 Å². The Morgan fingerprint density at radius 3 is 2.80 bits per heavy atom. The van der Waals surface area contributed by atoms with Gasteiger partial charge in [-0.25, -0.2) is 9.37 Å². The van der Waals surface area contributed by atoms with E-state index in [0.717, 1.165) is 15.2 Å². The van der Waals surface area contributed by atoms with Gasteiger partial charge in [0.25, 0.3) is 0 Å². The molecular formula is C15H10BrClFNS. The fourth-order valence-corrected chi connectivity index (χ4v) is 3.83. The van der Waals surface area contributed by atoms with E-state index in [0.29, 0.717) is 16.5 Å². The molecule has 0 saturated carbocycles. The molecule has 20 heavy (non-hydrogen) atoms. The van der Waals surface area contributed by atoms with E-state index < -0.39 is 5.38 Å². The highest BCUT2D eigenvalue weighted by Crippen LogP contribution is 2.32. The Morgan fingerprint density at radius 2 is 2.00 bits per heavy atom. The van der Waals surface area contributed by atoms with Crippen LogP contribution in [0.15, 0.2) is 46.9 Å². The highest BCUT2D eigenvalue weighted by molar-refractivity contribution is 9.10. The Bertz CT molecular complexity index is 725. The molecule has 5 heteroatoms. The van der Waals surface area contributed by atoms with Crippen molar-refractivity contribution in [3.8, 4) is 0 Å². The maximum Gasteiger partial charge on any atom is 0.142 e. The van der Waals surface area contributed by atoms with Gasteiger partial charge < -0.3 is 0 Å². The predicted molar refractivity (Wildman–Crippen MR) is 86.0 cm³/mol. The van der Waals surface area contributed by atoms with E-state index in [1.165, 1.54) is 0 Å². The molecule has 0 fully saturated rings. The van der Waals surface area contributed by atoms with Crippen LogP contribution in [0.25, 0.3) is 10.2 Å². The predicted octanol–water partition coefficient (Wildman–Crippen LogP) is 5.72. The second kappa shape index (κ2) is 5.80. The summed E-state index contributed by atoms with van der Waals surface area (Å²) in [7, 11) is 0. The van der Waals surface area contributed by atoms with Gasteiger partial charge in [0.2, 0.25) is 0 Å². The lowest BCUT2D eigenvalue weighted by Crippen LogP contribution is -1.99. The van der Waals surface area contributed by atoms with Crippen LogP contribution in [0.4, 0.5) is 4.39 Å². The fraction of sp³-hybridized carbons (Fsp3) is 0.133. The van der Waals surface area contributed by atoms with Gasteiger partial charge in [-0.3, -0.25) is 0 Å². The Balaban J connectivity index is 1.88. The summed E-state index contributed by atoms with van der Waals surface area (Å²) in [6.07, 6.45) is 0.522. The molecular weight excluding hydrogens is 361 g/mol. The number of hydrogen-bond donors (Lipinski definition) is 0. The zero-order valence-electron chi connectivity index (χ0n) is 10.3. The molecule has 0 aliphatic heterocycles. The topological polar surface area (TPSA) is 12.9 Å². The van der Waals surface area contributed by atoms with Crippen molar-refractivity contribution in [1.82, 2.24) is 4.98 Å². The number of rotatable bonds is 3. The van der Waals surface area contributed by atoms with Crippen LogP contribution in [0, 0.1) is 5.82 Å². The zero-order chi connectivity index (χ0) is 14.1. The molecule has 1 unspecified atom stereocenters. The van der Waals surface area contributed by atoms with Crippen molar-refractivity contribution in [2.75, 3.05) is 0 Å². The van der Waals surface area contributed by atoms with Crippen LogP contribution in [0.3, 0.4) is 0 Å². The number of hydrogen-bond acceptors (Lipinski definition) is 2. The standard InChI is InChI=1S/C15H10BrClFNS/c16-10-5-3-4-9(15(10)18)11(17)8-14-19-12-6-1-2-7-13(12)20-14/h1-7,11H,8H2. The van der Waals surface area contributed by atoms with Gasteiger partial charge in [0, 0.05) is 12.0 Å². The van der Waals surface area contributed by atoms with E-state index in [1.54, 1.807) is 29.5 Å². The van der Waals surface area contributed by atoms with Crippen LogP contribution in [0.1, 0.15) is 15.9 Å². The number of benzene rings is 2. The summed E-state index contributed by atoms with van der Waals surface area (Å²) in [5.41, 5.74) is 1.46. The smallest absolute Gasteiger partial charge is 0.142 e. The highest BCUT2D eigenvalue weighted by Gasteiger charge is 2.17. The van der Waals surface area contributed by atoms with E-state index in [9.17, 15) is 4.39 Å². The third-order valence-electron chi connectivity index (χ3n) is 3.01. The minimum absolute atomic E-state index is 0.298. The van der Waals surface area contributed by atoms with Crippen molar-refractivity contribution >= 4 is 49.1 Å². The summed E-state index contributed by atoms with van der Waals surface area (Å²) in [6, 6.07) is 13.1. The molecule has 1 aromatic heterocycles. The minimum atomic E-state index is -0.423. The van der Waals surface area contributed by atoms with E-state index in [1.807, 2.05) is 24.3 Å². The van der Waals surface area contributed by atoms with Crippen molar-refractivity contribution < 1.29 is 4.39 Å². The summed E-state index contributed by atoms with van der Waals surface area (Å²) in [4.78, 5) is 4.53. The Labute approximate surface area is 133 Å². The maximum absolute atomic E-state index is 14.0. The molecule has 0 aliphatic carbocycles. The molecule has 0 saturated heterocycles. The third kappa shape index (κ3) is 2.73. The van der Waals surface area contributed by atoms with Gasteiger partial charge in [0.15, 0.2) is 0 Å². The van der Waals surface area contributed by atoms with Crippen LogP contribution in [-0.4, -0.2) is 4.98 Å². The molecule has 1 atom stereocenters. The van der Waals surface area contributed by atoms with Gasteiger partial charge in [-0.15, -0.1) is 22.9 Å². The Kier molecular flexibility index (Phi) is 4.06. The molecule has 0 spiro atoms. The van der Waals surface area contributed by atoms with Crippen LogP contribution in [0.2, 0.25) is 0 Å². The highest BCUT2D eigenvalue weighted by atomic mass is 79.9. The molecule has 1 heterocycles. The molecule has 0 amide bonds. The molecule has 1 nitrogen and oxygen atoms in total. The molecule has 0 bridgehead atoms. The average molecular weight is 371 g/mol. The maximum atomic E-state index is 14.0. The first-order valence-corrected chi connectivity index (χ1v) is 8.12. The number of halogens is 3. The second-order valence-corrected chi connectivity index (χ2v) is 6.89. The van der Waals surface area contributed by atoms with E-state index in [-0.39, 0.29) is 5.82 Å². The average Bonchev–Trinajstić information content (AvgIpc) is 2.83. The van der Waals surface area contributed by atoms with E-state index >= 15 is 0 Å². The first kappa shape index (κ1) is 14.0. The molecule has 3 aromatic rings. The number of para-hydroxylation sites is 1. The number of fused-ring (bicyclic) bond motifs is 1. The van der Waals surface area contributed by atoms with Crippen LogP contribution in [-0.2, 0) is 6.42 Å². The lowest BCUT2D eigenvalue weighted by Gasteiger charge is -2.10. The number of alkyl halides is 1. The van der Waals surface area contributed by atoms with Crippen molar-refractivity contribution in [2.24, 2.45) is 0 Å². The van der Waals surface area contributed by atoms with E-state index in [2.05, 4.69) is 20.9 Å². The van der Waals surface area contributed by atoms with Crippen LogP contribution in [0.5, 0.6) is 0 Å². The monoisotopic (exact) mass is 369 g/mol. The SMILES string of the molecule is Fc1c(Br)cccc1C(Cl)Cc1nc2ccccc2s1. The largest absolute Gasteiger partial charge is 0.241 e. The van der Waals surface area contributed by atoms with Crippen molar-refractivity contribution in [3.05, 3.63) is 63.3 Å². The summed E-state index contributed by atoms with van der Waals surface area (Å²) < 4.78 is 15.6. The second-order valence-electron chi connectivity index (χ2n) is 4.39. The third-order valence-corrected chi connectivity index (χ3v) is 5.07. The molecule has 102 valence electrons. The minimum Gasteiger partial charge on any atom is -0.241 e. The fourth-order valence-electron chi connectivity index (χ4n) is 2.03. The van der Waals surface area contributed by atoms with Crippen molar-refractivity contribution in [1.29, 1.82) is 0 Å².